The SMILES string of the molecule is Cn1nccc1CCC(COCC(F)(F)C(F)F)NN. The highest BCUT2D eigenvalue weighted by atomic mass is 19.3. The van der Waals surface area contributed by atoms with E-state index in [-0.39, 0.29) is 6.61 Å². The average Bonchev–Trinajstić information content (AvgIpc) is 2.79. The van der Waals surface area contributed by atoms with Gasteiger partial charge in [0.15, 0.2) is 0 Å². The van der Waals surface area contributed by atoms with Crippen LogP contribution in [0.4, 0.5) is 17.6 Å². The van der Waals surface area contributed by atoms with E-state index < -0.39 is 25.0 Å². The van der Waals surface area contributed by atoms with E-state index in [4.69, 9.17) is 5.84 Å². The molecule has 0 aliphatic carbocycles. The summed E-state index contributed by atoms with van der Waals surface area (Å²) in [5.41, 5.74) is 3.36. The minimum Gasteiger partial charge on any atom is -0.373 e. The van der Waals surface area contributed by atoms with Crippen LogP contribution >= 0.6 is 0 Å². The highest BCUT2D eigenvalue weighted by molar-refractivity contribution is 5.00. The molecule has 1 unspecified atom stereocenters. The van der Waals surface area contributed by atoms with Crippen molar-refractivity contribution in [3.8, 4) is 0 Å². The molecule has 0 bridgehead atoms. The van der Waals surface area contributed by atoms with E-state index in [2.05, 4.69) is 15.3 Å². The molecule has 0 aromatic carbocycles. The predicted octanol–water partition coefficient (Wildman–Crippen LogP) is 1.10. The molecular formula is C11H18F4N4O. The lowest BCUT2D eigenvalue weighted by Gasteiger charge is -2.19. The maximum absolute atomic E-state index is 12.6. The molecule has 20 heavy (non-hydrogen) atoms. The number of hydrazine groups is 1. The van der Waals surface area contributed by atoms with Crippen molar-refractivity contribution in [1.29, 1.82) is 0 Å². The number of nitrogens with zero attached hydrogens (tertiary/aromatic N) is 2. The van der Waals surface area contributed by atoms with E-state index in [1.807, 2.05) is 6.07 Å². The number of hydrogen-bond acceptors (Lipinski definition) is 4. The Balaban J connectivity index is 2.31. The maximum Gasteiger partial charge on any atom is 0.330 e. The summed E-state index contributed by atoms with van der Waals surface area (Å²) >= 11 is 0. The van der Waals surface area contributed by atoms with Crippen molar-refractivity contribution in [2.45, 2.75) is 31.2 Å². The number of hydrogen-bond donors (Lipinski definition) is 2. The highest BCUT2D eigenvalue weighted by Crippen LogP contribution is 2.22. The molecule has 0 radical (unpaired) electrons. The Morgan fingerprint density at radius 3 is 2.70 bits per heavy atom. The topological polar surface area (TPSA) is 65.1 Å². The summed E-state index contributed by atoms with van der Waals surface area (Å²) < 4.78 is 55.4. The second kappa shape index (κ2) is 7.55. The van der Waals surface area contributed by atoms with Gasteiger partial charge in [0.05, 0.1) is 6.61 Å². The largest absolute Gasteiger partial charge is 0.373 e. The molecule has 5 nitrogen and oxygen atoms in total. The van der Waals surface area contributed by atoms with E-state index in [0.29, 0.717) is 12.8 Å². The summed E-state index contributed by atoms with van der Waals surface area (Å²) in [6.45, 7) is -1.49. The van der Waals surface area contributed by atoms with E-state index in [1.54, 1.807) is 17.9 Å². The van der Waals surface area contributed by atoms with Crippen LogP contribution < -0.4 is 11.3 Å². The van der Waals surface area contributed by atoms with Crippen molar-refractivity contribution in [1.82, 2.24) is 15.2 Å². The number of aromatic nitrogens is 2. The molecule has 0 fully saturated rings. The van der Waals surface area contributed by atoms with Gasteiger partial charge in [-0.3, -0.25) is 16.0 Å². The number of alkyl halides is 4. The lowest BCUT2D eigenvalue weighted by Crippen LogP contribution is -2.41. The number of ether oxygens (including phenoxy) is 1. The lowest BCUT2D eigenvalue weighted by molar-refractivity contribution is -0.167. The molecule has 0 saturated heterocycles. The smallest absolute Gasteiger partial charge is 0.330 e. The van der Waals surface area contributed by atoms with Crippen LogP contribution in [0.25, 0.3) is 0 Å². The lowest BCUT2D eigenvalue weighted by atomic mass is 10.1. The summed E-state index contributed by atoms with van der Waals surface area (Å²) in [6, 6.07) is 1.41. The minimum absolute atomic E-state index is 0.170. The minimum atomic E-state index is -4.14. The van der Waals surface area contributed by atoms with Gasteiger partial charge in [-0.05, 0) is 18.9 Å². The number of nitrogens with two attached hydrogens (primary N) is 1. The first-order chi connectivity index (χ1) is 9.36. The van der Waals surface area contributed by atoms with Crippen LogP contribution in [0, 0.1) is 0 Å². The quantitative estimate of drug-likeness (QED) is 0.407. The van der Waals surface area contributed by atoms with Gasteiger partial charge in [0, 0.05) is 25.0 Å². The highest BCUT2D eigenvalue weighted by Gasteiger charge is 2.41. The van der Waals surface area contributed by atoms with Crippen LogP contribution in [-0.4, -0.2) is 41.4 Å². The van der Waals surface area contributed by atoms with Gasteiger partial charge in [0.25, 0.3) is 0 Å². The molecule has 1 rings (SSSR count). The Labute approximate surface area is 114 Å². The Hall–Kier alpha value is -1.19. The van der Waals surface area contributed by atoms with Crippen molar-refractivity contribution in [3.05, 3.63) is 18.0 Å². The van der Waals surface area contributed by atoms with Crippen LogP contribution in [0.3, 0.4) is 0 Å². The van der Waals surface area contributed by atoms with E-state index in [0.717, 1.165) is 5.69 Å². The molecule has 3 N–H and O–H groups in total. The van der Waals surface area contributed by atoms with Gasteiger partial charge in [0.2, 0.25) is 0 Å². The van der Waals surface area contributed by atoms with Gasteiger partial charge >= 0.3 is 12.3 Å². The van der Waals surface area contributed by atoms with E-state index in [1.165, 1.54) is 0 Å². The fraction of sp³-hybridized carbons (Fsp3) is 0.727. The molecular weight excluding hydrogens is 280 g/mol. The van der Waals surface area contributed by atoms with Crippen LogP contribution in [0.1, 0.15) is 12.1 Å². The third-order valence-electron chi connectivity index (χ3n) is 2.84. The van der Waals surface area contributed by atoms with E-state index in [9.17, 15) is 17.6 Å². The zero-order valence-electron chi connectivity index (χ0n) is 11.0. The predicted molar refractivity (Wildman–Crippen MR) is 64.4 cm³/mol. The number of nitrogens with one attached hydrogen (secondary N) is 1. The molecule has 1 atom stereocenters. The third kappa shape index (κ3) is 5.06. The van der Waals surface area contributed by atoms with Crippen LogP contribution in [0.5, 0.6) is 0 Å². The van der Waals surface area contributed by atoms with Gasteiger partial charge in [-0.15, -0.1) is 0 Å². The first kappa shape index (κ1) is 16.9. The van der Waals surface area contributed by atoms with Gasteiger partial charge < -0.3 is 4.74 Å². The van der Waals surface area contributed by atoms with Gasteiger partial charge in [-0.2, -0.15) is 13.9 Å². The Morgan fingerprint density at radius 2 is 2.20 bits per heavy atom. The summed E-state index contributed by atoms with van der Waals surface area (Å²) in [7, 11) is 1.78. The third-order valence-corrected chi connectivity index (χ3v) is 2.84. The van der Waals surface area contributed by atoms with Crippen molar-refractivity contribution in [2.75, 3.05) is 13.2 Å². The summed E-state index contributed by atoms with van der Waals surface area (Å²) in [6.07, 6.45) is -0.975. The summed E-state index contributed by atoms with van der Waals surface area (Å²) in [5.74, 6) is 1.13. The molecule has 1 aromatic heterocycles. The Morgan fingerprint density at radius 1 is 1.50 bits per heavy atom. The maximum atomic E-state index is 12.6. The first-order valence-electron chi connectivity index (χ1n) is 6.03. The Bertz CT molecular complexity index is 400. The van der Waals surface area contributed by atoms with Crippen LogP contribution in [0.15, 0.2) is 12.3 Å². The molecule has 0 spiro atoms. The molecule has 0 aliphatic rings. The normalized spacial score (nSPS) is 13.9. The summed E-state index contributed by atoms with van der Waals surface area (Å²) in [4.78, 5) is 0. The number of aryl methyl sites for hydroxylation is 2. The van der Waals surface area contributed by atoms with Crippen molar-refractivity contribution < 1.29 is 22.3 Å². The summed E-state index contributed by atoms with van der Waals surface area (Å²) in [5, 5.41) is 3.99. The molecule has 1 aromatic rings. The fourth-order valence-corrected chi connectivity index (χ4v) is 1.58. The second-order valence-electron chi connectivity index (χ2n) is 4.43. The van der Waals surface area contributed by atoms with Crippen molar-refractivity contribution >= 4 is 0 Å². The molecule has 0 aliphatic heterocycles. The van der Waals surface area contributed by atoms with Gasteiger partial charge in [0.1, 0.15) is 6.61 Å². The van der Waals surface area contributed by atoms with Crippen LogP contribution in [-0.2, 0) is 18.2 Å². The number of rotatable bonds is 9. The number of halogens is 4. The zero-order chi connectivity index (χ0) is 15.2. The molecule has 1 heterocycles. The monoisotopic (exact) mass is 298 g/mol. The van der Waals surface area contributed by atoms with Gasteiger partial charge in [-0.1, -0.05) is 0 Å². The standard InChI is InChI=1S/C11H18F4N4O/c1-19-9(4-5-17-19)3-2-8(18-16)6-20-7-11(14,15)10(12)13/h4-5,8,10,18H,2-3,6-7,16H2,1H3. The van der Waals surface area contributed by atoms with Crippen LogP contribution in [0.2, 0.25) is 0 Å². The van der Waals surface area contributed by atoms with Crippen molar-refractivity contribution in [2.24, 2.45) is 12.9 Å². The molecule has 116 valence electrons. The molecule has 0 amide bonds. The molecule has 9 heteroatoms. The fourth-order valence-electron chi connectivity index (χ4n) is 1.58. The average molecular weight is 298 g/mol. The zero-order valence-corrected chi connectivity index (χ0v) is 11.0. The Kier molecular flexibility index (Phi) is 6.37. The van der Waals surface area contributed by atoms with Crippen molar-refractivity contribution in [3.63, 3.8) is 0 Å². The molecule has 0 saturated carbocycles. The second-order valence-corrected chi connectivity index (χ2v) is 4.43. The first-order valence-corrected chi connectivity index (χ1v) is 6.03. The van der Waals surface area contributed by atoms with E-state index >= 15 is 0 Å². The van der Waals surface area contributed by atoms with Gasteiger partial charge in [-0.25, -0.2) is 8.78 Å².